The second-order valence-electron chi connectivity index (χ2n) is 2.39. The van der Waals surface area contributed by atoms with E-state index in [1.54, 1.807) is 0 Å². The maximum atomic E-state index is 12.6. The van der Waals surface area contributed by atoms with Crippen LogP contribution in [0.15, 0.2) is 23.1 Å². The van der Waals surface area contributed by atoms with Gasteiger partial charge in [-0.3, -0.25) is 9.59 Å². The molecule has 0 unspecified atom stereocenters. The number of hydrogen-bond donors (Lipinski definition) is 0. The van der Waals surface area contributed by atoms with Crippen molar-refractivity contribution in [2.45, 2.75) is 6.54 Å². The Bertz CT molecular complexity index is 372. The minimum atomic E-state index is -0.590. The number of aromatic nitrogens is 1. The van der Waals surface area contributed by atoms with Crippen LogP contribution in [-0.4, -0.2) is 17.6 Å². The molecule has 0 aliphatic heterocycles. The minimum absolute atomic E-state index is 0.271. The first-order valence-corrected chi connectivity index (χ1v) is 3.56. The van der Waals surface area contributed by atoms with Crippen molar-refractivity contribution < 1.29 is 13.9 Å². The summed E-state index contributed by atoms with van der Waals surface area (Å²) < 4.78 is 17.9. The zero-order chi connectivity index (χ0) is 9.84. The molecule has 0 spiro atoms. The van der Waals surface area contributed by atoms with Crippen LogP contribution in [0.1, 0.15) is 0 Å². The van der Waals surface area contributed by atoms with Crippen LogP contribution in [0.5, 0.6) is 0 Å². The third kappa shape index (κ3) is 2.40. The number of ether oxygens (including phenoxy) is 1. The van der Waals surface area contributed by atoms with E-state index in [1.807, 2.05) is 0 Å². The molecule has 4 nitrogen and oxygen atoms in total. The van der Waals surface area contributed by atoms with Crippen molar-refractivity contribution in [3.63, 3.8) is 0 Å². The Balaban J connectivity index is 2.94. The van der Waals surface area contributed by atoms with Crippen LogP contribution in [0, 0.1) is 5.82 Å². The first kappa shape index (κ1) is 9.44. The van der Waals surface area contributed by atoms with Crippen molar-refractivity contribution in [3.8, 4) is 0 Å². The van der Waals surface area contributed by atoms with Crippen molar-refractivity contribution in [3.05, 3.63) is 34.5 Å². The molecule has 0 radical (unpaired) electrons. The van der Waals surface area contributed by atoms with E-state index in [4.69, 9.17) is 0 Å². The zero-order valence-corrected chi connectivity index (χ0v) is 6.99. The summed E-state index contributed by atoms with van der Waals surface area (Å²) in [6.07, 6.45) is 0.958. The summed E-state index contributed by atoms with van der Waals surface area (Å²) in [5.41, 5.74) is -0.438. The number of carbonyl (C=O) groups excluding carboxylic acids is 1. The summed E-state index contributed by atoms with van der Waals surface area (Å²) in [7, 11) is 1.20. The predicted octanol–water partition coefficient (Wildman–Crippen LogP) is 0.160. The second-order valence-corrected chi connectivity index (χ2v) is 2.39. The summed E-state index contributed by atoms with van der Waals surface area (Å²) >= 11 is 0. The number of halogens is 1. The molecule has 70 valence electrons. The van der Waals surface area contributed by atoms with Crippen molar-refractivity contribution >= 4 is 5.97 Å². The highest BCUT2D eigenvalue weighted by molar-refractivity contribution is 5.68. The molecule has 0 aliphatic carbocycles. The Hall–Kier alpha value is -1.65. The zero-order valence-electron chi connectivity index (χ0n) is 6.99. The van der Waals surface area contributed by atoms with E-state index in [9.17, 15) is 14.0 Å². The van der Waals surface area contributed by atoms with Gasteiger partial charge < -0.3 is 9.30 Å². The van der Waals surface area contributed by atoms with Crippen LogP contribution in [-0.2, 0) is 16.1 Å². The van der Waals surface area contributed by atoms with E-state index >= 15 is 0 Å². The van der Waals surface area contributed by atoms with Gasteiger partial charge in [-0.05, 0) is 6.07 Å². The molecule has 0 bridgehead atoms. The van der Waals surface area contributed by atoms with Gasteiger partial charge in [-0.2, -0.15) is 0 Å². The molecular weight excluding hydrogens is 177 g/mol. The largest absolute Gasteiger partial charge is 0.468 e. The normalized spacial score (nSPS) is 9.69. The molecule has 0 aliphatic rings. The highest BCUT2D eigenvalue weighted by Crippen LogP contribution is 1.92. The van der Waals surface area contributed by atoms with E-state index < -0.39 is 17.3 Å². The summed E-state index contributed by atoms with van der Waals surface area (Å²) in [6.45, 7) is -0.271. The van der Waals surface area contributed by atoms with Crippen molar-refractivity contribution in [2.24, 2.45) is 0 Å². The monoisotopic (exact) mass is 185 g/mol. The fraction of sp³-hybridized carbons (Fsp3) is 0.250. The summed E-state index contributed by atoms with van der Waals surface area (Å²) in [5, 5.41) is 0. The average molecular weight is 185 g/mol. The van der Waals surface area contributed by atoms with Crippen molar-refractivity contribution in [2.75, 3.05) is 7.11 Å². The number of nitrogens with zero attached hydrogens (tertiary/aromatic N) is 1. The highest BCUT2D eigenvalue weighted by atomic mass is 19.1. The highest BCUT2D eigenvalue weighted by Gasteiger charge is 2.03. The Morgan fingerprint density at radius 1 is 1.62 bits per heavy atom. The van der Waals surface area contributed by atoms with Gasteiger partial charge in [0.1, 0.15) is 12.4 Å². The molecule has 0 N–H and O–H groups in total. The molecule has 1 aromatic rings. The molecule has 0 amide bonds. The Morgan fingerprint density at radius 2 is 2.31 bits per heavy atom. The van der Waals surface area contributed by atoms with Gasteiger partial charge in [-0.15, -0.1) is 0 Å². The summed E-state index contributed by atoms with van der Waals surface area (Å²) in [4.78, 5) is 21.8. The van der Waals surface area contributed by atoms with Crippen LogP contribution >= 0.6 is 0 Å². The molecule has 5 heteroatoms. The molecule has 0 atom stereocenters. The number of carbonyl (C=O) groups is 1. The van der Waals surface area contributed by atoms with Gasteiger partial charge in [0.05, 0.1) is 7.11 Å². The number of methoxy groups -OCH3 is 1. The molecule has 0 saturated carbocycles. The molecular formula is C8H8FNO3. The Labute approximate surface area is 73.6 Å². The molecule has 1 rings (SSSR count). The lowest BCUT2D eigenvalue weighted by Crippen LogP contribution is -2.23. The van der Waals surface area contributed by atoms with Gasteiger partial charge in [0, 0.05) is 12.3 Å². The third-order valence-corrected chi connectivity index (χ3v) is 1.47. The van der Waals surface area contributed by atoms with Crippen molar-refractivity contribution in [1.82, 2.24) is 4.57 Å². The number of hydrogen-bond acceptors (Lipinski definition) is 3. The smallest absolute Gasteiger partial charge is 0.325 e. The van der Waals surface area contributed by atoms with Crippen LogP contribution in [0.2, 0.25) is 0 Å². The van der Waals surface area contributed by atoms with Crippen molar-refractivity contribution in [1.29, 1.82) is 0 Å². The van der Waals surface area contributed by atoms with Crippen LogP contribution in [0.3, 0.4) is 0 Å². The van der Waals surface area contributed by atoms with Crippen LogP contribution in [0.25, 0.3) is 0 Å². The number of rotatable bonds is 2. The van der Waals surface area contributed by atoms with E-state index in [0.717, 1.165) is 22.9 Å². The van der Waals surface area contributed by atoms with Gasteiger partial charge >= 0.3 is 5.97 Å². The lowest BCUT2D eigenvalue weighted by Gasteiger charge is -2.02. The van der Waals surface area contributed by atoms with E-state index in [2.05, 4.69) is 4.74 Å². The average Bonchev–Trinajstić information content (AvgIpc) is 2.11. The fourth-order valence-electron chi connectivity index (χ4n) is 0.829. The Kier molecular flexibility index (Phi) is 2.79. The molecule has 0 fully saturated rings. The SMILES string of the molecule is COC(=O)Cn1cc(F)ccc1=O. The van der Waals surface area contributed by atoms with E-state index in [0.29, 0.717) is 0 Å². The molecule has 13 heavy (non-hydrogen) atoms. The molecule has 1 aromatic heterocycles. The van der Waals surface area contributed by atoms with Crippen LogP contribution in [0.4, 0.5) is 4.39 Å². The minimum Gasteiger partial charge on any atom is -0.468 e. The van der Waals surface area contributed by atoms with Gasteiger partial charge in [-0.1, -0.05) is 0 Å². The van der Waals surface area contributed by atoms with E-state index in [1.165, 1.54) is 7.11 Å². The Morgan fingerprint density at radius 3 is 2.92 bits per heavy atom. The third-order valence-electron chi connectivity index (χ3n) is 1.47. The lowest BCUT2D eigenvalue weighted by molar-refractivity contribution is -0.141. The van der Waals surface area contributed by atoms with Gasteiger partial charge in [-0.25, -0.2) is 4.39 Å². The number of pyridine rings is 1. The summed E-state index contributed by atoms with van der Waals surface area (Å²) in [6, 6.07) is 2.09. The quantitative estimate of drug-likeness (QED) is 0.616. The maximum Gasteiger partial charge on any atom is 0.325 e. The lowest BCUT2D eigenvalue weighted by atomic mass is 10.4. The van der Waals surface area contributed by atoms with Gasteiger partial charge in [0.2, 0.25) is 0 Å². The first-order chi connectivity index (χ1) is 6.13. The van der Waals surface area contributed by atoms with Gasteiger partial charge in [0.25, 0.3) is 5.56 Å². The molecule has 1 heterocycles. The van der Waals surface area contributed by atoms with E-state index in [-0.39, 0.29) is 6.54 Å². The molecule has 0 saturated heterocycles. The first-order valence-electron chi connectivity index (χ1n) is 3.56. The maximum absolute atomic E-state index is 12.6. The second kappa shape index (κ2) is 3.84. The standard InChI is InChI=1S/C8H8FNO3/c1-13-8(12)5-10-4-6(9)2-3-7(10)11/h2-4H,5H2,1H3. The molecule has 0 aromatic carbocycles. The fourth-order valence-corrected chi connectivity index (χ4v) is 0.829. The topological polar surface area (TPSA) is 48.3 Å². The van der Waals surface area contributed by atoms with Gasteiger partial charge in [0.15, 0.2) is 0 Å². The van der Waals surface area contributed by atoms with Crippen LogP contribution < -0.4 is 5.56 Å². The number of esters is 1. The predicted molar refractivity (Wildman–Crippen MR) is 42.7 cm³/mol. The summed E-state index contributed by atoms with van der Waals surface area (Å²) in [5.74, 6) is -1.16.